The molecule has 2 N–H and O–H groups in total. The molecule has 1 aliphatic carbocycles. The van der Waals surface area contributed by atoms with Crippen LogP contribution in [0.2, 0.25) is 0 Å². The van der Waals surface area contributed by atoms with Crippen LogP contribution in [0.15, 0.2) is 18.2 Å². The highest BCUT2D eigenvalue weighted by atomic mass is 32.2. The van der Waals surface area contributed by atoms with E-state index in [-0.39, 0.29) is 5.41 Å². The van der Waals surface area contributed by atoms with Gasteiger partial charge in [0.05, 0.1) is 7.11 Å². The number of thioether (sulfide) groups is 1. The molecule has 1 aliphatic heterocycles. The minimum absolute atomic E-state index is 0.185. The predicted octanol–water partition coefficient (Wildman–Crippen LogP) is 3.69. The van der Waals surface area contributed by atoms with Crippen LogP contribution in [0.1, 0.15) is 49.1 Å². The summed E-state index contributed by atoms with van der Waals surface area (Å²) in [5.74, 6) is 4.36. The maximum absolute atomic E-state index is 6.09. The Morgan fingerprint density at radius 1 is 1.30 bits per heavy atom. The first-order valence-electron chi connectivity index (χ1n) is 7.75. The maximum atomic E-state index is 6.09. The molecule has 1 saturated carbocycles. The van der Waals surface area contributed by atoms with E-state index < -0.39 is 0 Å². The second-order valence-corrected chi connectivity index (χ2v) is 7.41. The van der Waals surface area contributed by atoms with E-state index in [9.17, 15) is 0 Å². The summed E-state index contributed by atoms with van der Waals surface area (Å²) in [5.41, 5.74) is 9.15. The van der Waals surface area contributed by atoms with Gasteiger partial charge in [-0.1, -0.05) is 18.6 Å². The molecule has 1 aromatic carbocycles. The number of nitrogens with two attached hydrogens (primary N) is 1. The molecule has 2 fully saturated rings. The summed E-state index contributed by atoms with van der Waals surface area (Å²) < 4.78 is 5.61. The first-order chi connectivity index (χ1) is 9.79. The van der Waals surface area contributed by atoms with Gasteiger partial charge >= 0.3 is 0 Å². The molecule has 1 aromatic rings. The largest absolute Gasteiger partial charge is 0.496 e. The lowest BCUT2D eigenvalue weighted by Gasteiger charge is -2.42. The Hall–Kier alpha value is -0.670. The zero-order valence-electron chi connectivity index (χ0n) is 12.4. The molecule has 20 heavy (non-hydrogen) atoms. The summed E-state index contributed by atoms with van der Waals surface area (Å²) in [4.78, 5) is 0. The van der Waals surface area contributed by atoms with Crippen molar-refractivity contribution in [1.82, 2.24) is 0 Å². The molecule has 0 atom stereocenters. The van der Waals surface area contributed by atoms with Crippen LogP contribution in [0.4, 0.5) is 0 Å². The van der Waals surface area contributed by atoms with Crippen LogP contribution in [-0.4, -0.2) is 25.2 Å². The topological polar surface area (TPSA) is 35.2 Å². The molecule has 2 aliphatic rings. The van der Waals surface area contributed by atoms with Crippen LogP contribution in [0, 0.1) is 0 Å². The van der Waals surface area contributed by atoms with Crippen molar-refractivity contribution in [1.29, 1.82) is 0 Å². The van der Waals surface area contributed by atoms with Crippen molar-refractivity contribution in [3.05, 3.63) is 29.3 Å². The van der Waals surface area contributed by atoms with Gasteiger partial charge < -0.3 is 10.5 Å². The van der Waals surface area contributed by atoms with Gasteiger partial charge in [-0.05, 0) is 54.7 Å². The molecule has 1 saturated heterocycles. The van der Waals surface area contributed by atoms with E-state index in [1.54, 1.807) is 7.11 Å². The highest BCUT2D eigenvalue weighted by molar-refractivity contribution is 7.99. The minimum atomic E-state index is 0.185. The number of hydrogen-bond donors (Lipinski definition) is 1. The summed E-state index contributed by atoms with van der Waals surface area (Å²) in [6, 6.07) is 6.85. The van der Waals surface area contributed by atoms with Crippen molar-refractivity contribution in [3.63, 3.8) is 0 Å². The van der Waals surface area contributed by atoms with Gasteiger partial charge in [0, 0.05) is 17.5 Å². The van der Waals surface area contributed by atoms with E-state index in [2.05, 4.69) is 30.0 Å². The summed E-state index contributed by atoms with van der Waals surface area (Å²) in [6.45, 7) is 0.743. The van der Waals surface area contributed by atoms with Gasteiger partial charge in [0.2, 0.25) is 0 Å². The van der Waals surface area contributed by atoms with Gasteiger partial charge in [-0.2, -0.15) is 11.8 Å². The lowest BCUT2D eigenvalue weighted by molar-refractivity contribution is 0.243. The third kappa shape index (κ3) is 2.46. The van der Waals surface area contributed by atoms with Gasteiger partial charge in [-0.25, -0.2) is 0 Å². The van der Waals surface area contributed by atoms with Crippen LogP contribution in [0.3, 0.4) is 0 Å². The SMILES string of the molecule is COc1ccc(C2CCSCC2)cc1C1(CN)CCC1. The van der Waals surface area contributed by atoms with Crippen molar-refractivity contribution >= 4 is 11.8 Å². The average Bonchev–Trinajstić information content (AvgIpc) is 2.47. The second kappa shape index (κ2) is 5.98. The van der Waals surface area contributed by atoms with Gasteiger partial charge in [0.15, 0.2) is 0 Å². The zero-order valence-corrected chi connectivity index (χ0v) is 13.2. The third-order valence-corrected chi connectivity index (χ3v) is 6.24. The summed E-state index contributed by atoms with van der Waals surface area (Å²) in [6.07, 6.45) is 6.34. The van der Waals surface area contributed by atoms with Crippen LogP contribution in [-0.2, 0) is 5.41 Å². The van der Waals surface area contributed by atoms with E-state index in [1.807, 2.05) is 0 Å². The fraction of sp³-hybridized carbons (Fsp3) is 0.647. The van der Waals surface area contributed by atoms with Crippen LogP contribution < -0.4 is 10.5 Å². The Morgan fingerprint density at radius 2 is 2.05 bits per heavy atom. The van der Waals surface area contributed by atoms with Crippen LogP contribution in [0.5, 0.6) is 5.75 Å². The molecular formula is C17H25NOS. The molecule has 0 radical (unpaired) electrons. The Balaban J connectivity index is 1.94. The van der Waals surface area contributed by atoms with Crippen molar-refractivity contribution in [2.75, 3.05) is 25.2 Å². The molecule has 0 amide bonds. The van der Waals surface area contributed by atoms with Gasteiger partial charge in [0.25, 0.3) is 0 Å². The summed E-state index contributed by atoms with van der Waals surface area (Å²) in [7, 11) is 1.78. The summed E-state index contributed by atoms with van der Waals surface area (Å²) >= 11 is 2.09. The van der Waals surface area contributed by atoms with Crippen molar-refractivity contribution in [3.8, 4) is 5.75 Å². The standard InChI is InChI=1S/C17H25NOS/c1-19-16-4-3-14(13-5-9-20-10-6-13)11-15(16)17(12-18)7-2-8-17/h3-4,11,13H,2,5-10,12,18H2,1H3. The Bertz CT molecular complexity index is 459. The molecule has 0 unspecified atom stereocenters. The normalized spacial score (nSPS) is 22.3. The molecular weight excluding hydrogens is 266 g/mol. The molecule has 0 spiro atoms. The van der Waals surface area contributed by atoms with Crippen LogP contribution >= 0.6 is 11.8 Å². The smallest absolute Gasteiger partial charge is 0.122 e. The molecule has 3 rings (SSSR count). The number of ether oxygens (including phenoxy) is 1. The monoisotopic (exact) mass is 291 g/mol. The quantitative estimate of drug-likeness (QED) is 0.919. The van der Waals surface area contributed by atoms with Crippen molar-refractivity contribution < 1.29 is 4.74 Å². The van der Waals surface area contributed by atoms with Gasteiger partial charge in [0.1, 0.15) is 5.75 Å². The Morgan fingerprint density at radius 3 is 2.60 bits per heavy atom. The predicted molar refractivity (Wildman–Crippen MR) is 86.9 cm³/mol. The zero-order chi connectivity index (χ0) is 14.0. The first-order valence-corrected chi connectivity index (χ1v) is 8.91. The number of rotatable bonds is 4. The maximum Gasteiger partial charge on any atom is 0.122 e. The van der Waals surface area contributed by atoms with Crippen molar-refractivity contribution in [2.45, 2.75) is 43.4 Å². The number of hydrogen-bond acceptors (Lipinski definition) is 3. The van der Waals surface area contributed by atoms with E-state index in [4.69, 9.17) is 10.5 Å². The second-order valence-electron chi connectivity index (χ2n) is 6.18. The lowest BCUT2D eigenvalue weighted by atomic mass is 9.64. The van der Waals surface area contributed by atoms with E-state index in [0.717, 1.165) is 18.2 Å². The molecule has 0 aromatic heterocycles. The van der Waals surface area contributed by atoms with Crippen LogP contribution in [0.25, 0.3) is 0 Å². The molecule has 2 nitrogen and oxygen atoms in total. The fourth-order valence-electron chi connectivity index (χ4n) is 3.61. The van der Waals surface area contributed by atoms with E-state index >= 15 is 0 Å². The van der Waals surface area contributed by atoms with E-state index in [0.29, 0.717) is 0 Å². The molecule has 110 valence electrons. The fourth-order valence-corrected chi connectivity index (χ4v) is 4.72. The minimum Gasteiger partial charge on any atom is -0.496 e. The number of methoxy groups -OCH3 is 1. The average molecular weight is 291 g/mol. The van der Waals surface area contributed by atoms with E-state index in [1.165, 1.54) is 54.7 Å². The molecule has 1 heterocycles. The third-order valence-electron chi connectivity index (χ3n) is 5.19. The highest BCUT2D eigenvalue weighted by Gasteiger charge is 2.39. The summed E-state index contributed by atoms with van der Waals surface area (Å²) in [5, 5.41) is 0. The molecule has 3 heteroatoms. The van der Waals surface area contributed by atoms with Gasteiger partial charge in [-0.3, -0.25) is 0 Å². The number of benzene rings is 1. The first kappa shape index (κ1) is 14.3. The van der Waals surface area contributed by atoms with Crippen molar-refractivity contribution in [2.24, 2.45) is 5.73 Å². The van der Waals surface area contributed by atoms with Gasteiger partial charge in [-0.15, -0.1) is 0 Å². The Labute approximate surface area is 126 Å². The highest BCUT2D eigenvalue weighted by Crippen LogP contribution is 2.47. The lowest BCUT2D eigenvalue weighted by Crippen LogP contribution is -2.41. The molecule has 0 bridgehead atoms. The Kier molecular flexibility index (Phi) is 4.27.